The molecule has 0 aliphatic heterocycles. The molecule has 1 rings (SSSR count). The molecule has 0 aromatic carbocycles. The van der Waals surface area contributed by atoms with E-state index in [1.165, 1.54) is 6.39 Å². The Balaban J connectivity index is 2.51. The molecule has 1 aromatic heterocycles. The minimum absolute atomic E-state index is 0.0164. The van der Waals surface area contributed by atoms with Gasteiger partial charge in [-0.3, -0.25) is 4.79 Å². The quantitative estimate of drug-likeness (QED) is 0.756. The number of amides is 1. The molecule has 1 heterocycles. The van der Waals surface area contributed by atoms with E-state index in [1.54, 1.807) is 0 Å². The highest BCUT2D eigenvalue weighted by atomic mass is 16.5. The summed E-state index contributed by atoms with van der Waals surface area (Å²) in [4.78, 5) is 15.1. The first kappa shape index (κ1) is 9.70. The van der Waals surface area contributed by atoms with Crippen LogP contribution in [0.3, 0.4) is 0 Å². The van der Waals surface area contributed by atoms with Gasteiger partial charge >= 0.3 is 0 Å². The number of rotatable bonds is 3. The molecule has 13 heavy (non-hydrogen) atoms. The van der Waals surface area contributed by atoms with Crippen molar-refractivity contribution in [2.45, 2.75) is 26.8 Å². The molecular weight excluding hydrogens is 170 g/mol. The van der Waals surface area contributed by atoms with Crippen LogP contribution in [0.25, 0.3) is 0 Å². The van der Waals surface area contributed by atoms with Gasteiger partial charge < -0.3 is 9.84 Å². The van der Waals surface area contributed by atoms with Crippen LogP contribution in [-0.2, 0) is 4.79 Å². The molecule has 1 N–H and O–H groups in total. The minimum atomic E-state index is -0.200. The molecule has 1 atom stereocenters. The Morgan fingerprint density at radius 3 is 2.69 bits per heavy atom. The zero-order valence-corrected chi connectivity index (χ0v) is 7.94. The van der Waals surface area contributed by atoms with E-state index >= 15 is 0 Å². The smallest absolute Gasteiger partial charge is 0.223 e. The van der Waals surface area contributed by atoms with Crippen molar-refractivity contribution in [3.8, 4) is 0 Å². The van der Waals surface area contributed by atoms with Crippen LogP contribution in [0.4, 0.5) is 0 Å². The number of nitrogens with one attached hydrogen (secondary N) is 1. The summed E-state index contributed by atoms with van der Waals surface area (Å²) in [6, 6.07) is -0.200. The minimum Gasteiger partial charge on any atom is -0.346 e. The number of nitrogens with zero attached hydrogens (tertiary/aromatic N) is 2. The Bertz CT molecular complexity index is 269. The second-order valence-electron chi connectivity index (χ2n) is 3.17. The van der Waals surface area contributed by atoms with Gasteiger partial charge in [0.1, 0.15) is 0 Å². The van der Waals surface area contributed by atoms with Gasteiger partial charge in [-0.1, -0.05) is 19.0 Å². The van der Waals surface area contributed by atoms with Crippen LogP contribution in [0.2, 0.25) is 0 Å². The van der Waals surface area contributed by atoms with Crippen molar-refractivity contribution in [1.29, 1.82) is 0 Å². The number of aromatic nitrogens is 2. The highest BCUT2D eigenvalue weighted by Crippen LogP contribution is 2.06. The molecule has 0 fully saturated rings. The first-order valence-corrected chi connectivity index (χ1v) is 4.18. The summed E-state index contributed by atoms with van der Waals surface area (Å²) in [5.74, 6) is 0.445. The van der Waals surface area contributed by atoms with Gasteiger partial charge in [0.2, 0.25) is 12.3 Å². The third-order valence-corrected chi connectivity index (χ3v) is 1.65. The molecule has 0 saturated heterocycles. The van der Waals surface area contributed by atoms with E-state index in [0.717, 1.165) is 0 Å². The molecule has 72 valence electrons. The van der Waals surface area contributed by atoms with E-state index in [2.05, 4.69) is 20.0 Å². The third-order valence-electron chi connectivity index (χ3n) is 1.65. The topological polar surface area (TPSA) is 68.0 Å². The van der Waals surface area contributed by atoms with Crippen molar-refractivity contribution in [1.82, 2.24) is 15.5 Å². The van der Waals surface area contributed by atoms with Crippen LogP contribution in [0.15, 0.2) is 10.9 Å². The predicted octanol–water partition coefficient (Wildman–Crippen LogP) is 0.903. The number of hydrogen-bond acceptors (Lipinski definition) is 4. The van der Waals surface area contributed by atoms with Crippen molar-refractivity contribution < 1.29 is 9.32 Å². The predicted molar refractivity (Wildman–Crippen MR) is 45.7 cm³/mol. The van der Waals surface area contributed by atoms with Gasteiger partial charge in [-0.05, 0) is 6.92 Å². The number of carbonyl (C=O) groups is 1. The summed E-state index contributed by atoms with van der Waals surface area (Å²) in [6.45, 7) is 5.47. The summed E-state index contributed by atoms with van der Waals surface area (Å²) >= 11 is 0. The Kier molecular flexibility index (Phi) is 3.00. The van der Waals surface area contributed by atoms with Gasteiger partial charge in [0.05, 0.1) is 6.04 Å². The lowest BCUT2D eigenvalue weighted by Crippen LogP contribution is -2.30. The van der Waals surface area contributed by atoms with E-state index in [4.69, 9.17) is 0 Å². The highest BCUT2D eigenvalue weighted by molar-refractivity contribution is 5.78. The van der Waals surface area contributed by atoms with Crippen LogP contribution >= 0.6 is 0 Å². The Labute approximate surface area is 76.5 Å². The third kappa shape index (κ3) is 2.54. The second-order valence-corrected chi connectivity index (χ2v) is 3.17. The zero-order chi connectivity index (χ0) is 9.84. The fraction of sp³-hybridized carbons (Fsp3) is 0.625. The monoisotopic (exact) mass is 183 g/mol. The zero-order valence-electron chi connectivity index (χ0n) is 7.94. The van der Waals surface area contributed by atoms with E-state index in [9.17, 15) is 4.79 Å². The highest BCUT2D eigenvalue weighted by Gasteiger charge is 2.14. The average Bonchev–Trinajstić information content (AvgIpc) is 2.55. The fourth-order valence-electron chi connectivity index (χ4n) is 0.814. The lowest BCUT2D eigenvalue weighted by Gasteiger charge is -2.11. The molecule has 1 amide bonds. The number of hydrogen-bond donors (Lipinski definition) is 1. The maximum Gasteiger partial charge on any atom is 0.223 e. The van der Waals surface area contributed by atoms with Crippen molar-refractivity contribution in [3.05, 3.63) is 12.2 Å². The van der Waals surface area contributed by atoms with E-state index in [1.807, 2.05) is 20.8 Å². The van der Waals surface area contributed by atoms with Crippen LogP contribution in [-0.4, -0.2) is 16.0 Å². The SMILES string of the molecule is CC(C)C(=O)NC(C)c1ncon1. The van der Waals surface area contributed by atoms with Crippen LogP contribution in [0.1, 0.15) is 32.6 Å². The molecule has 0 spiro atoms. The molecule has 1 unspecified atom stereocenters. The molecule has 0 radical (unpaired) electrons. The molecule has 0 bridgehead atoms. The normalized spacial score (nSPS) is 12.9. The Morgan fingerprint density at radius 2 is 2.23 bits per heavy atom. The fourth-order valence-corrected chi connectivity index (χ4v) is 0.814. The molecule has 5 heteroatoms. The lowest BCUT2D eigenvalue weighted by atomic mass is 10.2. The molecule has 0 saturated carbocycles. The Morgan fingerprint density at radius 1 is 1.54 bits per heavy atom. The van der Waals surface area contributed by atoms with Gasteiger partial charge in [-0.15, -0.1) is 0 Å². The molecular formula is C8H13N3O2. The summed E-state index contributed by atoms with van der Waals surface area (Å²) in [5, 5.41) is 6.39. The van der Waals surface area contributed by atoms with Crippen LogP contribution in [0.5, 0.6) is 0 Å². The van der Waals surface area contributed by atoms with Gasteiger partial charge in [-0.25, -0.2) is 0 Å². The largest absolute Gasteiger partial charge is 0.346 e. The number of carbonyl (C=O) groups excluding carboxylic acids is 1. The molecule has 5 nitrogen and oxygen atoms in total. The van der Waals surface area contributed by atoms with Crippen molar-refractivity contribution >= 4 is 5.91 Å². The van der Waals surface area contributed by atoms with Gasteiger partial charge in [0.25, 0.3) is 0 Å². The summed E-state index contributed by atoms with van der Waals surface area (Å²) in [5.41, 5.74) is 0. The maximum atomic E-state index is 11.3. The van der Waals surface area contributed by atoms with Gasteiger partial charge in [0, 0.05) is 5.92 Å². The summed E-state index contributed by atoms with van der Waals surface area (Å²) in [7, 11) is 0. The van der Waals surface area contributed by atoms with Crippen molar-refractivity contribution in [3.63, 3.8) is 0 Å². The first-order valence-electron chi connectivity index (χ1n) is 4.18. The molecule has 0 aliphatic rings. The summed E-state index contributed by atoms with van der Waals surface area (Å²) in [6.07, 6.45) is 1.24. The second kappa shape index (κ2) is 4.02. The van der Waals surface area contributed by atoms with Crippen molar-refractivity contribution in [2.24, 2.45) is 5.92 Å². The van der Waals surface area contributed by atoms with Crippen LogP contribution in [0, 0.1) is 5.92 Å². The molecule has 1 aromatic rings. The molecule has 0 aliphatic carbocycles. The standard InChI is InChI=1S/C8H13N3O2/c1-5(2)8(12)10-6(3)7-9-4-13-11-7/h4-6H,1-3H3,(H,10,12). The van der Waals surface area contributed by atoms with E-state index in [0.29, 0.717) is 5.82 Å². The van der Waals surface area contributed by atoms with Gasteiger partial charge in [0.15, 0.2) is 5.82 Å². The Hall–Kier alpha value is -1.39. The van der Waals surface area contributed by atoms with Crippen LogP contribution < -0.4 is 5.32 Å². The van der Waals surface area contributed by atoms with Crippen molar-refractivity contribution in [2.75, 3.05) is 0 Å². The van der Waals surface area contributed by atoms with Gasteiger partial charge in [-0.2, -0.15) is 4.98 Å². The first-order chi connectivity index (χ1) is 6.11. The summed E-state index contributed by atoms with van der Waals surface area (Å²) < 4.78 is 4.57. The lowest BCUT2D eigenvalue weighted by molar-refractivity contribution is -0.124. The maximum absolute atomic E-state index is 11.3. The van der Waals surface area contributed by atoms with E-state index < -0.39 is 0 Å². The van der Waals surface area contributed by atoms with E-state index in [-0.39, 0.29) is 17.9 Å². The average molecular weight is 183 g/mol.